The van der Waals surface area contributed by atoms with E-state index < -0.39 is 0 Å². The average Bonchev–Trinajstić information content (AvgIpc) is 3.18. The summed E-state index contributed by atoms with van der Waals surface area (Å²) in [5.41, 5.74) is 4.29. The van der Waals surface area contributed by atoms with E-state index in [-0.39, 0.29) is 0 Å². The van der Waals surface area contributed by atoms with Gasteiger partial charge in [0, 0.05) is 18.1 Å². The molecule has 0 atom stereocenters. The van der Waals surface area contributed by atoms with Gasteiger partial charge in [0.25, 0.3) is 0 Å². The second-order valence-corrected chi connectivity index (χ2v) is 7.91. The molecule has 26 heavy (non-hydrogen) atoms. The molecule has 0 spiro atoms. The summed E-state index contributed by atoms with van der Waals surface area (Å²) in [7, 11) is 0. The summed E-state index contributed by atoms with van der Waals surface area (Å²) >= 11 is 19.0. The Morgan fingerprint density at radius 1 is 1.00 bits per heavy atom. The van der Waals surface area contributed by atoms with Crippen molar-refractivity contribution in [2.24, 2.45) is 0 Å². The van der Waals surface area contributed by atoms with Gasteiger partial charge in [-0.25, -0.2) is 4.98 Å². The second kappa shape index (κ2) is 6.95. The van der Waals surface area contributed by atoms with Gasteiger partial charge in [0.2, 0.25) is 5.95 Å². The molecule has 3 nitrogen and oxygen atoms in total. The smallest absolute Gasteiger partial charge is 0.211 e. The van der Waals surface area contributed by atoms with Gasteiger partial charge in [-0.15, -0.1) is 0 Å². The van der Waals surface area contributed by atoms with Crippen molar-refractivity contribution in [1.29, 1.82) is 0 Å². The highest BCUT2D eigenvalue weighted by atomic mass is 35.5. The van der Waals surface area contributed by atoms with Gasteiger partial charge in [-0.3, -0.25) is 0 Å². The average molecular weight is 409 g/mol. The maximum Gasteiger partial charge on any atom is 0.211 e. The van der Waals surface area contributed by atoms with Gasteiger partial charge in [-0.05, 0) is 48.6 Å². The molecule has 0 saturated carbocycles. The lowest BCUT2D eigenvalue weighted by Crippen LogP contribution is -2.14. The first-order chi connectivity index (χ1) is 12.5. The Balaban J connectivity index is 1.91. The SMILES string of the molecule is CCC(CC)c1ccc(Cl)c2nc3n(c12)CCN3c1ccc(Cl)cc1Cl. The molecule has 0 N–H and O–H groups in total. The fraction of sp³-hybridized carbons (Fsp3) is 0.350. The number of rotatable bonds is 4. The molecule has 0 saturated heterocycles. The third-order valence-electron chi connectivity index (χ3n) is 5.27. The standard InChI is InChI=1S/C20H20Cl3N3/c1-3-12(4-2)14-6-7-15(22)18-19(14)26-10-9-25(20(26)24-18)17-8-5-13(21)11-16(17)23/h5-8,11-12H,3-4,9-10H2,1-2H3. The largest absolute Gasteiger partial charge is 0.309 e. The van der Waals surface area contributed by atoms with E-state index in [1.54, 1.807) is 6.07 Å². The maximum absolute atomic E-state index is 6.49. The van der Waals surface area contributed by atoms with Crippen LogP contribution in [0, 0.1) is 0 Å². The van der Waals surface area contributed by atoms with E-state index in [0.29, 0.717) is 21.0 Å². The van der Waals surface area contributed by atoms with Crippen molar-refractivity contribution >= 4 is 57.5 Å². The minimum Gasteiger partial charge on any atom is -0.309 e. The molecule has 1 aliphatic rings. The van der Waals surface area contributed by atoms with E-state index in [9.17, 15) is 0 Å². The summed E-state index contributed by atoms with van der Waals surface area (Å²) in [6, 6.07) is 9.71. The van der Waals surface area contributed by atoms with Crippen LogP contribution in [0.1, 0.15) is 38.2 Å². The van der Waals surface area contributed by atoms with Crippen LogP contribution in [0.5, 0.6) is 0 Å². The predicted octanol–water partition coefficient (Wildman–Crippen LogP) is 7.05. The lowest BCUT2D eigenvalue weighted by molar-refractivity contribution is 0.642. The summed E-state index contributed by atoms with van der Waals surface area (Å²) in [5, 5.41) is 1.95. The van der Waals surface area contributed by atoms with Crippen molar-refractivity contribution in [3.8, 4) is 0 Å². The van der Waals surface area contributed by atoms with E-state index in [1.165, 1.54) is 5.56 Å². The molecule has 0 unspecified atom stereocenters. The molecule has 0 fully saturated rings. The van der Waals surface area contributed by atoms with Crippen LogP contribution in [-0.4, -0.2) is 16.1 Å². The lowest BCUT2D eigenvalue weighted by Gasteiger charge is -2.17. The number of hydrogen-bond acceptors (Lipinski definition) is 2. The van der Waals surface area contributed by atoms with Gasteiger partial charge >= 0.3 is 0 Å². The summed E-state index contributed by atoms with van der Waals surface area (Å²) in [6.07, 6.45) is 2.20. The monoisotopic (exact) mass is 407 g/mol. The molecule has 0 aliphatic carbocycles. The zero-order valence-electron chi connectivity index (χ0n) is 14.8. The van der Waals surface area contributed by atoms with Crippen molar-refractivity contribution in [3.05, 3.63) is 51.0 Å². The van der Waals surface area contributed by atoms with E-state index >= 15 is 0 Å². The van der Waals surface area contributed by atoms with Gasteiger partial charge in [0.05, 0.1) is 21.2 Å². The van der Waals surface area contributed by atoms with Crippen molar-refractivity contribution < 1.29 is 0 Å². The second-order valence-electron chi connectivity index (χ2n) is 6.66. The fourth-order valence-electron chi connectivity index (χ4n) is 3.93. The maximum atomic E-state index is 6.49. The summed E-state index contributed by atoms with van der Waals surface area (Å²) in [4.78, 5) is 7.04. The number of nitrogens with zero attached hydrogens (tertiary/aromatic N) is 3. The zero-order chi connectivity index (χ0) is 18.4. The highest BCUT2D eigenvalue weighted by Gasteiger charge is 2.29. The molecule has 4 rings (SSSR count). The lowest BCUT2D eigenvalue weighted by atomic mass is 9.93. The number of imidazole rings is 1. The predicted molar refractivity (Wildman–Crippen MR) is 112 cm³/mol. The Kier molecular flexibility index (Phi) is 4.81. The fourth-order valence-corrected chi connectivity index (χ4v) is 4.63. The third kappa shape index (κ3) is 2.77. The van der Waals surface area contributed by atoms with Crippen LogP contribution >= 0.6 is 34.8 Å². The van der Waals surface area contributed by atoms with E-state index in [4.69, 9.17) is 39.8 Å². The number of fused-ring (bicyclic) bond motifs is 3. The van der Waals surface area contributed by atoms with Crippen LogP contribution in [0.4, 0.5) is 11.6 Å². The van der Waals surface area contributed by atoms with Gasteiger partial charge in [0.1, 0.15) is 5.52 Å². The first kappa shape index (κ1) is 18.0. The number of benzene rings is 2. The highest BCUT2D eigenvalue weighted by molar-refractivity contribution is 6.36. The quantitative estimate of drug-likeness (QED) is 0.461. The topological polar surface area (TPSA) is 21.1 Å². The van der Waals surface area contributed by atoms with Gasteiger partial charge < -0.3 is 9.47 Å². The normalized spacial score (nSPS) is 13.8. The Labute approximate surface area is 168 Å². The molecule has 0 bridgehead atoms. The first-order valence-corrected chi connectivity index (χ1v) is 10.1. The zero-order valence-corrected chi connectivity index (χ0v) is 17.0. The Hall–Kier alpha value is -1.42. The van der Waals surface area contributed by atoms with Crippen molar-refractivity contribution in [2.75, 3.05) is 11.4 Å². The first-order valence-electron chi connectivity index (χ1n) is 8.96. The molecular weight excluding hydrogens is 389 g/mol. The van der Waals surface area contributed by atoms with Crippen LogP contribution in [0.25, 0.3) is 11.0 Å². The molecule has 0 amide bonds. The Morgan fingerprint density at radius 2 is 1.77 bits per heavy atom. The van der Waals surface area contributed by atoms with Gasteiger partial charge in [0.15, 0.2) is 0 Å². The molecule has 1 aliphatic heterocycles. The molecule has 0 radical (unpaired) electrons. The van der Waals surface area contributed by atoms with Crippen molar-refractivity contribution in [1.82, 2.24) is 9.55 Å². The van der Waals surface area contributed by atoms with Gasteiger partial charge in [-0.1, -0.05) is 54.7 Å². The number of aromatic nitrogens is 2. The van der Waals surface area contributed by atoms with Crippen molar-refractivity contribution in [2.45, 2.75) is 39.2 Å². The molecule has 2 aromatic carbocycles. The molecule has 6 heteroatoms. The molecule has 2 heterocycles. The van der Waals surface area contributed by atoms with E-state index in [2.05, 4.69) is 29.4 Å². The molecule has 1 aromatic heterocycles. The Bertz CT molecular complexity index is 976. The number of hydrogen-bond donors (Lipinski definition) is 0. The van der Waals surface area contributed by atoms with E-state index in [0.717, 1.165) is 48.6 Å². The summed E-state index contributed by atoms with van der Waals surface area (Å²) in [5.74, 6) is 1.40. The molecule has 3 aromatic rings. The number of halogens is 3. The van der Waals surface area contributed by atoms with Crippen molar-refractivity contribution in [3.63, 3.8) is 0 Å². The summed E-state index contributed by atoms with van der Waals surface area (Å²) in [6.45, 7) is 6.15. The van der Waals surface area contributed by atoms with Crippen LogP contribution in [0.15, 0.2) is 30.3 Å². The molecular formula is C20H20Cl3N3. The van der Waals surface area contributed by atoms with Gasteiger partial charge in [-0.2, -0.15) is 0 Å². The third-order valence-corrected chi connectivity index (χ3v) is 6.11. The number of anilines is 2. The highest BCUT2D eigenvalue weighted by Crippen LogP contribution is 2.41. The molecule has 136 valence electrons. The minimum atomic E-state index is 0.503. The minimum absolute atomic E-state index is 0.503. The van der Waals surface area contributed by atoms with Crippen LogP contribution in [0.2, 0.25) is 15.1 Å². The van der Waals surface area contributed by atoms with Crippen LogP contribution in [-0.2, 0) is 6.54 Å². The summed E-state index contributed by atoms with van der Waals surface area (Å²) < 4.78 is 2.28. The van der Waals surface area contributed by atoms with Crippen LogP contribution in [0.3, 0.4) is 0 Å². The Morgan fingerprint density at radius 3 is 2.46 bits per heavy atom. The van der Waals surface area contributed by atoms with E-state index in [1.807, 2.05) is 18.2 Å². The van der Waals surface area contributed by atoms with Crippen LogP contribution < -0.4 is 4.90 Å².